The topological polar surface area (TPSA) is 84.3 Å². The molecule has 1 heterocycles. The molecule has 1 N–H and O–H groups in total. The molecule has 26 heavy (non-hydrogen) atoms. The Morgan fingerprint density at radius 3 is 2.31 bits per heavy atom. The average molecular weight is 385 g/mol. The summed E-state index contributed by atoms with van der Waals surface area (Å²) < 4.78 is 28.6. The van der Waals surface area contributed by atoms with Gasteiger partial charge in [-0.3, -0.25) is 9.48 Å². The van der Waals surface area contributed by atoms with Gasteiger partial charge in [0.25, 0.3) is 0 Å². The number of amides is 1. The van der Waals surface area contributed by atoms with Gasteiger partial charge in [0.15, 0.2) is 0 Å². The van der Waals surface area contributed by atoms with Gasteiger partial charge in [0.1, 0.15) is 11.4 Å². The summed E-state index contributed by atoms with van der Waals surface area (Å²) in [5.41, 5.74) is 0.954. The highest BCUT2D eigenvalue weighted by Crippen LogP contribution is 2.24. The normalized spacial score (nSPS) is 21.2. The highest BCUT2D eigenvalue weighted by Gasteiger charge is 2.30. The zero-order valence-corrected chi connectivity index (χ0v) is 17.4. The van der Waals surface area contributed by atoms with E-state index in [1.165, 1.54) is 8.99 Å². The van der Waals surface area contributed by atoms with Crippen LogP contribution in [0.5, 0.6) is 0 Å². The molecule has 148 valence electrons. The fourth-order valence-electron chi connectivity index (χ4n) is 3.71. The molecular weight excluding hydrogens is 352 g/mol. The van der Waals surface area contributed by atoms with Gasteiger partial charge in [-0.25, -0.2) is 8.42 Å². The number of aromatic nitrogens is 2. The number of nitrogens with zero attached hydrogens (tertiary/aromatic N) is 3. The van der Waals surface area contributed by atoms with Gasteiger partial charge in [-0.2, -0.15) is 9.40 Å². The van der Waals surface area contributed by atoms with E-state index in [0.29, 0.717) is 24.5 Å². The molecule has 1 saturated carbocycles. The Morgan fingerprint density at radius 1 is 1.19 bits per heavy atom. The fourth-order valence-corrected chi connectivity index (χ4v) is 5.54. The van der Waals surface area contributed by atoms with Crippen molar-refractivity contribution in [1.29, 1.82) is 0 Å². The summed E-state index contributed by atoms with van der Waals surface area (Å²) in [7, 11) is -3.59. The zero-order chi connectivity index (χ0) is 19.5. The van der Waals surface area contributed by atoms with Crippen molar-refractivity contribution in [2.24, 2.45) is 5.92 Å². The van der Waals surface area contributed by atoms with Crippen LogP contribution in [0, 0.1) is 19.8 Å². The molecule has 2 rings (SSSR count). The number of carbonyl (C=O) groups is 1. The van der Waals surface area contributed by atoms with E-state index in [2.05, 4.69) is 17.3 Å². The number of carbonyl (C=O) groups excluding carboxylic acids is 1. The number of nitrogens with one attached hydrogen (secondary N) is 1. The third-order valence-corrected chi connectivity index (χ3v) is 7.60. The molecule has 1 aromatic heterocycles. The Hall–Kier alpha value is -1.41. The second-order valence-corrected chi connectivity index (χ2v) is 9.15. The smallest absolute Gasteiger partial charge is 0.246 e. The van der Waals surface area contributed by atoms with Crippen LogP contribution in [0.1, 0.15) is 57.8 Å². The largest absolute Gasteiger partial charge is 0.352 e. The van der Waals surface area contributed by atoms with Gasteiger partial charge in [0, 0.05) is 19.1 Å². The first kappa shape index (κ1) is 20.9. The van der Waals surface area contributed by atoms with E-state index in [4.69, 9.17) is 0 Å². The highest BCUT2D eigenvalue weighted by molar-refractivity contribution is 7.89. The first-order chi connectivity index (χ1) is 12.2. The van der Waals surface area contributed by atoms with Crippen LogP contribution in [0.15, 0.2) is 4.90 Å². The molecule has 7 nitrogen and oxygen atoms in total. The molecule has 0 radical (unpaired) electrons. The van der Waals surface area contributed by atoms with Crippen molar-refractivity contribution in [3.8, 4) is 0 Å². The predicted molar refractivity (Wildman–Crippen MR) is 101 cm³/mol. The molecule has 1 amide bonds. The van der Waals surface area contributed by atoms with Crippen molar-refractivity contribution in [3.05, 3.63) is 11.4 Å². The summed E-state index contributed by atoms with van der Waals surface area (Å²) in [6.07, 6.45) is 4.28. The van der Waals surface area contributed by atoms with Crippen LogP contribution in [0.4, 0.5) is 0 Å². The molecule has 0 saturated heterocycles. The number of sulfonamides is 1. The molecule has 0 atom stereocenters. The van der Waals surface area contributed by atoms with Gasteiger partial charge >= 0.3 is 0 Å². The maximum Gasteiger partial charge on any atom is 0.246 e. The lowest BCUT2D eigenvalue weighted by atomic mass is 9.87. The van der Waals surface area contributed by atoms with Crippen LogP contribution >= 0.6 is 0 Å². The van der Waals surface area contributed by atoms with E-state index in [1.54, 1.807) is 13.8 Å². The third kappa shape index (κ3) is 4.46. The Balaban J connectivity index is 2.13. The quantitative estimate of drug-likeness (QED) is 0.781. The molecule has 1 aliphatic carbocycles. The van der Waals surface area contributed by atoms with E-state index in [-0.39, 0.29) is 23.4 Å². The minimum Gasteiger partial charge on any atom is -0.352 e. The second-order valence-electron chi connectivity index (χ2n) is 7.27. The van der Waals surface area contributed by atoms with E-state index < -0.39 is 10.0 Å². The molecule has 0 bridgehead atoms. The molecule has 1 fully saturated rings. The summed E-state index contributed by atoms with van der Waals surface area (Å²) in [4.78, 5) is 12.6. The average Bonchev–Trinajstić information content (AvgIpc) is 2.84. The Morgan fingerprint density at radius 2 is 1.77 bits per heavy atom. The van der Waals surface area contributed by atoms with Crippen molar-refractivity contribution in [2.75, 3.05) is 13.1 Å². The van der Waals surface area contributed by atoms with Gasteiger partial charge in [0.05, 0.1) is 11.4 Å². The van der Waals surface area contributed by atoms with Crippen LogP contribution in [-0.2, 0) is 21.4 Å². The van der Waals surface area contributed by atoms with Crippen LogP contribution in [0.25, 0.3) is 0 Å². The minimum absolute atomic E-state index is 0.0481. The third-order valence-electron chi connectivity index (χ3n) is 5.29. The fraction of sp³-hybridized carbons (Fsp3) is 0.778. The zero-order valence-electron chi connectivity index (χ0n) is 16.6. The van der Waals surface area contributed by atoms with E-state index in [0.717, 1.165) is 31.6 Å². The van der Waals surface area contributed by atoms with Gasteiger partial charge in [-0.1, -0.05) is 20.8 Å². The number of hydrogen-bond donors (Lipinski definition) is 1. The lowest BCUT2D eigenvalue weighted by molar-refractivity contribution is -0.122. The molecule has 0 aliphatic heterocycles. The van der Waals surface area contributed by atoms with E-state index in [1.807, 2.05) is 13.8 Å². The minimum atomic E-state index is -3.59. The summed E-state index contributed by atoms with van der Waals surface area (Å²) in [5.74, 6) is 0.619. The maximum absolute atomic E-state index is 12.9. The molecule has 1 aliphatic rings. The highest BCUT2D eigenvalue weighted by atomic mass is 32.2. The van der Waals surface area contributed by atoms with E-state index >= 15 is 0 Å². The van der Waals surface area contributed by atoms with Crippen molar-refractivity contribution in [2.45, 2.75) is 77.8 Å². The SMILES string of the molecule is CCN(CC)S(=O)(=O)c1c(C)nn(CC(=O)NC2CCC(C)CC2)c1C. The number of aryl methyl sites for hydroxylation is 1. The van der Waals surface area contributed by atoms with Crippen LogP contribution in [-0.4, -0.2) is 47.5 Å². The van der Waals surface area contributed by atoms with Crippen LogP contribution in [0.3, 0.4) is 0 Å². The molecule has 0 spiro atoms. The summed E-state index contributed by atoms with van der Waals surface area (Å²) in [6.45, 7) is 10.1. The molecule has 8 heteroatoms. The first-order valence-corrected chi connectivity index (χ1v) is 11.0. The first-order valence-electron chi connectivity index (χ1n) is 9.54. The van der Waals surface area contributed by atoms with Gasteiger partial charge < -0.3 is 5.32 Å². The van der Waals surface area contributed by atoms with Crippen LogP contribution < -0.4 is 5.32 Å². The summed E-state index contributed by atoms with van der Waals surface area (Å²) in [6, 6.07) is 0.217. The Bertz CT molecular complexity index is 730. The second kappa shape index (κ2) is 8.52. The molecular formula is C18H32N4O3S. The standard InChI is InChI=1S/C18H32N4O3S/c1-6-21(7-2)26(24,25)18-14(4)20-22(15(18)5)12-17(23)19-16-10-8-13(3)9-11-16/h13,16H,6-12H2,1-5H3,(H,19,23). The van der Waals surface area contributed by atoms with Crippen molar-refractivity contribution >= 4 is 15.9 Å². The summed E-state index contributed by atoms with van der Waals surface area (Å²) >= 11 is 0. The molecule has 1 aromatic rings. The lowest BCUT2D eigenvalue weighted by Crippen LogP contribution is -2.39. The van der Waals surface area contributed by atoms with Crippen molar-refractivity contribution < 1.29 is 13.2 Å². The lowest BCUT2D eigenvalue weighted by Gasteiger charge is -2.26. The molecule has 0 aromatic carbocycles. The Labute approximate surface area is 157 Å². The monoisotopic (exact) mass is 384 g/mol. The van der Waals surface area contributed by atoms with E-state index in [9.17, 15) is 13.2 Å². The molecule has 0 unspecified atom stereocenters. The Kier molecular flexibility index (Phi) is 6.85. The summed E-state index contributed by atoms with van der Waals surface area (Å²) in [5, 5.41) is 7.39. The van der Waals surface area contributed by atoms with Gasteiger partial charge in [-0.15, -0.1) is 0 Å². The van der Waals surface area contributed by atoms with Crippen molar-refractivity contribution in [1.82, 2.24) is 19.4 Å². The van der Waals surface area contributed by atoms with Gasteiger partial charge in [-0.05, 0) is 45.4 Å². The number of rotatable bonds is 7. The van der Waals surface area contributed by atoms with Crippen molar-refractivity contribution in [3.63, 3.8) is 0 Å². The number of hydrogen-bond acceptors (Lipinski definition) is 4. The predicted octanol–water partition coefficient (Wildman–Crippen LogP) is 2.23. The van der Waals surface area contributed by atoms with Crippen LogP contribution in [0.2, 0.25) is 0 Å². The maximum atomic E-state index is 12.9. The van der Waals surface area contributed by atoms with Gasteiger partial charge in [0.2, 0.25) is 15.9 Å².